The topological polar surface area (TPSA) is 84.8 Å². The molecule has 2 aliphatic heterocycles. The lowest BCUT2D eigenvalue weighted by Gasteiger charge is -2.50. The van der Waals surface area contributed by atoms with Crippen molar-refractivity contribution in [1.82, 2.24) is 15.8 Å². The number of aromatic carboxylic acids is 1. The highest BCUT2D eigenvalue weighted by Crippen LogP contribution is 2.46. The van der Waals surface area contributed by atoms with Gasteiger partial charge in [0.2, 0.25) is 0 Å². The number of hydrogen-bond donors (Lipinski definition) is 4. The van der Waals surface area contributed by atoms with E-state index in [-0.39, 0.29) is 28.9 Å². The summed E-state index contributed by atoms with van der Waals surface area (Å²) in [6.07, 6.45) is 2.64. The summed E-state index contributed by atoms with van der Waals surface area (Å²) in [5.74, 6) is -1.33. The predicted molar refractivity (Wildman–Crippen MR) is 121 cm³/mol. The van der Waals surface area contributed by atoms with E-state index in [2.05, 4.69) is 49.5 Å². The van der Waals surface area contributed by atoms with Gasteiger partial charge < -0.3 is 15.6 Å². The molecule has 0 radical (unpaired) electrons. The van der Waals surface area contributed by atoms with Gasteiger partial charge in [-0.25, -0.2) is 4.79 Å². The van der Waals surface area contributed by atoms with Crippen LogP contribution in [0.4, 0.5) is 0 Å². The minimum Gasteiger partial charge on any atom is -0.507 e. The van der Waals surface area contributed by atoms with Crippen LogP contribution in [0.15, 0.2) is 54.2 Å². The fourth-order valence-electron chi connectivity index (χ4n) is 4.48. The van der Waals surface area contributed by atoms with Gasteiger partial charge in [-0.2, -0.15) is 5.01 Å². The van der Waals surface area contributed by atoms with Crippen LogP contribution in [0.25, 0.3) is 0 Å². The zero-order chi connectivity index (χ0) is 22.6. The van der Waals surface area contributed by atoms with Crippen LogP contribution in [0.5, 0.6) is 5.75 Å². The van der Waals surface area contributed by atoms with Crippen LogP contribution >= 0.6 is 11.6 Å². The minimum absolute atomic E-state index is 0.0687. The van der Waals surface area contributed by atoms with Gasteiger partial charge in [-0.3, -0.25) is 5.32 Å². The van der Waals surface area contributed by atoms with E-state index in [0.29, 0.717) is 17.0 Å². The van der Waals surface area contributed by atoms with Crippen molar-refractivity contribution >= 4 is 17.6 Å². The summed E-state index contributed by atoms with van der Waals surface area (Å²) in [6.45, 7) is 8.62. The largest absolute Gasteiger partial charge is 0.507 e. The highest BCUT2D eigenvalue weighted by molar-refractivity contribution is 6.30. The van der Waals surface area contributed by atoms with E-state index < -0.39 is 11.5 Å². The quantitative estimate of drug-likeness (QED) is 0.549. The van der Waals surface area contributed by atoms with Crippen molar-refractivity contribution in [3.63, 3.8) is 0 Å². The molecule has 4 rings (SSSR count). The third-order valence-corrected chi connectivity index (χ3v) is 6.55. The second-order valence-electron chi connectivity index (χ2n) is 9.51. The van der Waals surface area contributed by atoms with E-state index in [1.165, 1.54) is 6.07 Å². The number of carboxylic acid groups (broad SMARTS) is 1. The Morgan fingerprint density at radius 3 is 2.48 bits per heavy atom. The molecule has 7 heteroatoms. The maximum atomic E-state index is 11.6. The number of hydrazine groups is 1. The molecular weight excluding hydrogens is 414 g/mol. The molecule has 0 aliphatic carbocycles. The lowest BCUT2D eigenvalue weighted by molar-refractivity contribution is -0.0267. The minimum atomic E-state index is -1.14. The van der Waals surface area contributed by atoms with Crippen LogP contribution in [0, 0.1) is 5.41 Å². The molecule has 4 N–H and O–H groups in total. The summed E-state index contributed by atoms with van der Waals surface area (Å²) in [7, 11) is 0. The van der Waals surface area contributed by atoms with Crippen LogP contribution in [-0.2, 0) is 5.54 Å². The normalized spacial score (nSPS) is 26.2. The molecule has 2 aliphatic rings. The molecule has 3 atom stereocenters. The molecule has 164 valence electrons. The number of carbonyl (C=O) groups is 1. The van der Waals surface area contributed by atoms with Crippen molar-refractivity contribution in [2.45, 2.75) is 51.9 Å². The Morgan fingerprint density at radius 1 is 1.19 bits per heavy atom. The van der Waals surface area contributed by atoms with Gasteiger partial charge in [0.1, 0.15) is 17.5 Å². The lowest BCUT2D eigenvalue weighted by Crippen LogP contribution is -2.62. The first-order valence-electron chi connectivity index (χ1n) is 10.4. The van der Waals surface area contributed by atoms with E-state index in [9.17, 15) is 15.0 Å². The number of rotatable bonds is 3. The summed E-state index contributed by atoms with van der Waals surface area (Å²) in [4.78, 5) is 11.6. The Morgan fingerprint density at radius 2 is 1.87 bits per heavy atom. The first-order chi connectivity index (χ1) is 14.5. The van der Waals surface area contributed by atoms with Gasteiger partial charge in [-0.1, -0.05) is 56.6 Å². The van der Waals surface area contributed by atoms with Crippen molar-refractivity contribution in [2.24, 2.45) is 5.41 Å². The molecular formula is C24H28ClN3O3. The van der Waals surface area contributed by atoms with E-state index in [1.807, 2.05) is 24.3 Å². The fourth-order valence-corrected chi connectivity index (χ4v) is 4.61. The lowest BCUT2D eigenvalue weighted by atomic mass is 9.80. The first-order valence-corrected chi connectivity index (χ1v) is 10.7. The fraction of sp³-hybridized carbons (Fsp3) is 0.375. The van der Waals surface area contributed by atoms with Gasteiger partial charge in [-0.05, 0) is 43.2 Å². The zero-order valence-electron chi connectivity index (χ0n) is 18.1. The number of aromatic hydroxyl groups is 1. The Bertz CT molecular complexity index is 1050. The van der Waals surface area contributed by atoms with Gasteiger partial charge >= 0.3 is 5.97 Å². The molecule has 0 bridgehead atoms. The number of hydrogen-bond acceptors (Lipinski definition) is 5. The van der Waals surface area contributed by atoms with Gasteiger partial charge in [0.25, 0.3) is 0 Å². The smallest absolute Gasteiger partial charge is 0.339 e. The number of nitrogens with one attached hydrogen (secondary N) is 2. The summed E-state index contributed by atoms with van der Waals surface area (Å²) in [5.41, 5.74) is 5.76. The molecule has 0 amide bonds. The Kier molecular flexibility index (Phi) is 5.28. The molecule has 1 saturated heterocycles. The second kappa shape index (κ2) is 7.55. The summed E-state index contributed by atoms with van der Waals surface area (Å²) < 4.78 is 0. The van der Waals surface area contributed by atoms with Gasteiger partial charge in [0, 0.05) is 27.7 Å². The molecule has 0 aromatic heterocycles. The molecule has 1 fully saturated rings. The Labute approximate surface area is 187 Å². The molecule has 31 heavy (non-hydrogen) atoms. The van der Waals surface area contributed by atoms with Gasteiger partial charge in [0.05, 0.1) is 5.54 Å². The number of fused-ring (bicyclic) bond motifs is 1. The third kappa shape index (κ3) is 3.80. The molecule has 0 saturated carbocycles. The average Bonchev–Trinajstić information content (AvgIpc) is 3.14. The summed E-state index contributed by atoms with van der Waals surface area (Å²) >= 11 is 6.14. The molecule has 2 aromatic rings. The Hall–Kier alpha value is -2.54. The molecule has 3 unspecified atom stereocenters. The summed E-state index contributed by atoms with van der Waals surface area (Å²) in [5, 5.41) is 26.6. The van der Waals surface area contributed by atoms with E-state index >= 15 is 0 Å². The van der Waals surface area contributed by atoms with Crippen molar-refractivity contribution in [1.29, 1.82) is 0 Å². The van der Waals surface area contributed by atoms with E-state index in [1.54, 1.807) is 12.1 Å². The number of halogens is 1. The van der Waals surface area contributed by atoms with Crippen molar-refractivity contribution in [2.75, 3.05) is 0 Å². The van der Waals surface area contributed by atoms with Crippen molar-refractivity contribution in [3.05, 3.63) is 76.0 Å². The monoisotopic (exact) mass is 441 g/mol. The number of nitrogens with zero attached hydrogens (tertiary/aromatic N) is 1. The second-order valence-corrected chi connectivity index (χ2v) is 9.95. The number of phenols is 1. The average molecular weight is 442 g/mol. The van der Waals surface area contributed by atoms with Crippen molar-refractivity contribution < 1.29 is 15.0 Å². The summed E-state index contributed by atoms with van der Waals surface area (Å²) in [6, 6.07) is 12.4. The number of carboxylic acids is 1. The molecule has 2 heterocycles. The molecule has 0 spiro atoms. The van der Waals surface area contributed by atoms with Crippen LogP contribution in [0.2, 0.25) is 5.02 Å². The number of allylic oxidation sites excluding steroid dienone is 1. The molecule has 2 aromatic carbocycles. The Balaban J connectivity index is 1.80. The van der Waals surface area contributed by atoms with Gasteiger partial charge in [0.15, 0.2) is 0 Å². The van der Waals surface area contributed by atoms with E-state index in [4.69, 9.17) is 11.6 Å². The van der Waals surface area contributed by atoms with Gasteiger partial charge in [-0.15, -0.1) is 0 Å². The SMILES string of the molecule is CC(C)(C)C1=CC2NC(c3cccc(C(=O)O)c3O)CC(C)(c3ccc(Cl)cc3)N2N1. The molecule has 6 nitrogen and oxygen atoms in total. The maximum absolute atomic E-state index is 11.6. The van der Waals surface area contributed by atoms with E-state index in [0.717, 1.165) is 11.3 Å². The highest BCUT2D eigenvalue weighted by Gasteiger charge is 2.48. The van der Waals surface area contributed by atoms with Crippen molar-refractivity contribution in [3.8, 4) is 5.75 Å². The van der Waals surface area contributed by atoms with Crippen LogP contribution in [-0.4, -0.2) is 27.4 Å². The predicted octanol–water partition coefficient (Wildman–Crippen LogP) is 4.77. The van der Waals surface area contributed by atoms with Crippen LogP contribution in [0.3, 0.4) is 0 Å². The third-order valence-electron chi connectivity index (χ3n) is 6.30. The highest BCUT2D eigenvalue weighted by atomic mass is 35.5. The zero-order valence-corrected chi connectivity index (χ0v) is 18.9. The number of benzene rings is 2. The standard InChI is InChI=1S/C24H28ClN3O3/c1-23(2,3)19-12-20-26-18(16-6-5-7-17(21(16)29)22(30)31)13-24(4,28(20)27-19)14-8-10-15(25)11-9-14/h5-12,18,20,26-27,29H,13H2,1-4H3,(H,30,31). The van der Waals surface area contributed by atoms with Crippen LogP contribution in [0.1, 0.15) is 61.6 Å². The first kappa shape index (κ1) is 21.7. The maximum Gasteiger partial charge on any atom is 0.339 e. The number of para-hydroxylation sites is 1. The van der Waals surface area contributed by atoms with Crippen LogP contribution < -0.4 is 10.7 Å².